The van der Waals surface area contributed by atoms with Crippen LogP contribution in [0.3, 0.4) is 0 Å². The van der Waals surface area contributed by atoms with Gasteiger partial charge in [-0.05, 0) is 33.6 Å². The van der Waals surface area contributed by atoms with Crippen molar-refractivity contribution in [1.29, 1.82) is 0 Å². The van der Waals surface area contributed by atoms with E-state index < -0.39 is 0 Å². The van der Waals surface area contributed by atoms with Crippen LogP contribution in [-0.2, 0) is 18.9 Å². The maximum Gasteiger partial charge on any atom is 0.0840 e. The van der Waals surface area contributed by atoms with E-state index in [1.807, 2.05) is 6.92 Å². The molecule has 17 heavy (non-hydrogen) atoms. The number of epoxide rings is 1. The van der Waals surface area contributed by atoms with Crippen molar-refractivity contribution in [2.75, 3.05) is 33.0 Å². The van der Waals surface area contributed by atoms with Gasteiger partial charge in [-0.1, -0.05) is 0 Å². The first kappa shape index (κ1) is 14.9. The van der Waals surface area contributed by atoms with Crippen molar-refractivity contribution >= 4 is 0 Å². The second kappa shape index (κ2) is 8.86. The van der Waals surface area contributed by atoms with Crippen LogP contribution in [0, 0.1) is 0 Å². The van der Waals surface area contributed by atoms with Gasteiger partial charge in [0.1, 0.15) is 0 Å². The van der Waals surface area contributed by atoms with Crippen LogP contribution in [0.1, 0.15) is 33.6 Å². The molecule has 1 heterocycles. The van der Waals surface area contributed by atoms with Gasteiger partial charge in [0.15, 0.2) is 0 Å². The van der Waals surface area contributed by atoms with Crippen molar-refractivity contribution in [3.8, 4) is 0 Å². The molecule has 0 aliphatic carbocycles. The molecular weight excluding hydrogens is 220 g/mol. The highest BCUT2D eigenvalue weighted by Gasteiger charge is 2.33. The van der Waals surface area contributed by atoms with E-state index in [-0.39, 0.29) is 0 Å². The summed E-state index contributed by atoms with van der Waals surface area (Å²) < 4.78 is 21.5. The topological polar surface area (TPSA) is 40.2 Å². The van der Waals surface area contributed by atoms with E-state index in [2.05, 4.69) is 13.8 Å². The summed E-state index contributed by atoms with van der Waals surface area (Å²) in [4.78, 5) is 0. The molecule has 4 heteroatoms. The van der Waals surface area contributed by atoms with E-state index in [1.165, 1.54) is 0 Å². The molecule has 1 aliphatic heterocycles. The van der Waals surface area contributed by atoms with Crippen LogP contribution in [0.25, 0.3) is 0 Å². The van der Waals surface area contributed by atoms with Crippen LogP contribution in [0.15, 0.2) is 0 Å². The van der Waals surface area contributed by atoms with Gasteiger partial charge in [0.2, 0.25) is 0 Å². The summed E-state index contributed by atoms with van der Waals surface area (Å²) in [5, 5.41) is 0. The predicted molar refractivity (Wildman–Crippen MR) is 66.3 cm³/mol. The largest absolute Gasteiger partial charge is 0.379 e. The predicted octanol–water partition coefficient (Wildman–Crippen LogP) is 2.01. The molecule has 3 atom stereocenters. The molecule has 1 rings (SSSR count). The van der Waals surface area contributed by atoms with E-state index in [0.717, 1.165) is 19.4 Å². The van der Waals surface area contributed by atoms with Crippen molar-refractivity contribution in [3.05, 3.63) is 0 Å². The van der Waals surface area contributed by atoms with Crippen molar-refractivity contribution in [2.45, 2.75) is 51.9 Å². The standard InChI is InChI=1S/C13H26O4/c1-4-14-7-8-15-9-10-16-11(2)5-6-13-12(3)17-13/h11-13H,4-10H2,1-3H3. The van der Waals surface area contributed by atoms with Gasteiger partial charge in [0.05, 0.1) is 44.7 Å². The normalized spacial score (nSPS) is 24.9. The fourth-order valence-corrected chi connectivity index (χ4v) is 1.69. The second-order valence-electron chi connectivity index (χ2n) is 4.45. The molecule has 0 spiro atoms. The first-order valence-electron chi connectivity index (χ1n) is 6.66. The molecule has 0 radical (unpaired) electrons. The highest BCUT2D eigenvalue weighted by molar-refractivity contribution is 4.80. The van der Waals surface area contributed by atoms with Crippen LogP contribution in [-0.4, -0.2) is 51.3 Å². The Morgan fingerprint density at radius 1 is 1.12 bits per heavy atom. The highest BCUT2D eigenvalue weighted by Crippen LogP contribution is 2.26. The lowest BCUT2D eigenvalue weighted by molar-refractivity contribution is -0.00774. The minimum Gasteiger partial charge on any atom is -0.379 e. The Balaban J connectivity index is 1.78. The summed E-state index contributed by atoms with van der Waals surface area (Å²) in [6, 6.07) is 0. The Labute approximate surface area is 105 Å². The number of hydrogen-bond acceptors (Lipinski definition) is 4. The lowest BCUT2D eigenvalue weighted by Gasteiger charge is -2.12. The van der Waals surface area contributed by atoms with Crippen LogP contribution in [0.5, 0.6) is 0 Å². The Morgan fingerprint density at radius 3 is 2.41 bits per heavy atom. The maximum absolute atomic E-state index is 5.64. The molecular formula is C13H26O4. The van der Waals surface area contributed by atoms with Gasteiger partial charge < -0.3 is 18.9 Å². The fraction of sp³-hybridized carbons (Fsp3) is 1.00. The molecule has 0 aromatic carbocycles. The van der Waals surface area contributed by atoms with Gasteiger partial charge in [-0.25, -0.2) is 0 Å². The molecule has 1 fully saturated rings. The molecule has 1 saturated heterocycles. The minimum absolute atomic E-state index is 0.293. The summed E-state index contributed by atoms with van der Waals surface area (Å²) in [6.07, 6.45) is 3.40. The van der Waals surface area contributed by atoms with Gasteiger partial charge in [0.25, 0.3) is 0 Å². The second-order valence-corrected chi connectivity index (χ2v) is 4.45. The molecule has 0 bridgehead atoms. The SMILES string of the molecule is CCOCCOCCOC(C)CCC1OC1C. The lowest BCUT2D eigenvalue weighted by atomic mass is 10.1. The first-order valence-corrected chi connectivity index (χ1v) is 6.66. The number of hydrogen-bond donors (Lipinski definition) is 0. The van der Waals surface area contributed by atoms with Crippen LogP contribution < -0.4 is 0 Å². The molecule has 0 N–H and O–H groups in total. The van der Waals surface area contributed by atoms with E-state index in [1.54, 1.807) is 0 Å². The number of rotatable bonds is 11. The summed E-state index contributed by atoms with van der Waals surface area (Å²) in [7, 11) is 0. The fourth-order valence-electron chi connectivity index (χ4n) is 1.69. The maximum atomic E-state index is 5.64. The highest BCUT2D eigenvalue weighted by atomic mass is 16.6. The van der Waals surface area contributed by atoms with Gasteiger partial charge in [-0.15, -0.1) is 0 Å². The monoisotopic (exact) mass is 246 g/mol. The van der Waals surface area contributed by atoms with Crippen LogP contribution in [0.2, 0.25) is 0 Å². The Hall–Kier alpha value is -0.160. The molecule has 0 aromatic heterocycles. The molecule has 1 aliphatic rings. The Kier molecular flexibility index (Phi) is 7.77. The van der Waals surface area contributed by atoms with E-state index in [9.17, 15) is 0 Å². The van der Waals surface area contributed by atoms with Gasteiger partial charge in [0, 0.05) is 6.61 Å². The molecule has 0 saturated carbocycles. The summed E-state index contributed by atoms with van der Waals surface area (Å²) in [5.41, 5.74) is 0. The average molecular weight is 246 g/mol. The van der Waals surface area contributed by atoms with Crippen LogP contribution >= 0.6 is 0 Å². The van der Waals surface area contributed by atoms with Crippen molar-refractivity contribution in [3.63, 3.8) is 0 Å². The zero-order chi connectivity index (χ0) is 12.5. The number of ether oxygens (including phenoxy) is 4. The molecule has 102 valence electrons. The van der Waals surface area contributed by atoms with E-state index in [0.29, 0.717) is 44.7 Å². The van der Waals surface area contributed by atoms with Crippen LogP contribution in [0.4, 0.5) is 0 Å². The van der Waals surface area contributed by atoms with Crippen molar-refractivity contribution in [2.24, 2.45) is 0 Å². The Bertz CT molecular complexity index is 186. The molecule has 0 amide bonds. The first-order chi connectivity index (χ1) is 8.24. The zero-order valence-corrected chi connectivity index (χ0v) is 11.3. The van der Waals surface area contributed by atoms with Gasteiger partial charge >= 0.3 is 0 Å². The average Bonchev–Trinajstić information content (AvgIpc) is 3.02. The summed E-state index contributed by atoms with van der Waals surface area (Å²) in [6.45, 7) is 9.58. The quantitative estimate of drug-likeness (QED) is 0.413. The molecule has 4 nitrogen and oxygen atoms in total. The molecule has 0 aromatic rings. The third-order valence-electron chi connectivity index (χ3n) is 2.90. The van der Waals surface area contributed by atoms with Crippen molar-refractivity contribution < 1.29 is 18.9 Å². The van der Waals surface area contributed by atoms with E-state index >= 15 is 0 Å². The van der Waals surface area contributed by atoms with Crippen molar-refractivity contribution in [1.82, 2.24) is 0 Å². The minimum atomic E-state index is 0.293. The van der Waals surface area contributed by atoms with Gasteiger partial charge in [-0.3, -0.25) is 0 Å². The zero-order valence-electron chi connectivity index (χ0n) is 11.3. The molecule has 3 unspecified atom stereocenters. The third-order valence-corrected chi connectivity index (χ3v) is 2.90. The lowest BCUT2D eigenvalue weighted by Crippen LogP contribution is -2.15. The summed E-state index contributed by atoms with van der Waals surface area (Å²) in [5.74, 6) is 0. The smallest absolute Gasteiger partial charge is 0.0840 e. The third kappa shape index (κ3) is 7.71. The summed E-state index contributed by atoms with van der Waals surface area (Å²) >= 11 is 0. The van der Waals surface area contributed by atoms with E-state index in [4.69, 9.17) is 18.9 Å². The Morgan fingerprint density at radius 2 is 1.76 bits per heavy atom. The van der Waals surface area contributed by atoms with Gasteiger partial charge in [-0.2, -0.15) is 0 Å².